The van der Waals surface area contributed by atoms with Crippen LogP contribution in [0.3, 0.4) is 0 Å². The maximum atomic E-state index is 12.1. The highest BCUT2D eigenvalue weighted by Gasteiger charge is 2.12. The fraction of sp³-hybridized carbons (Fsp3) is 0.0833. The summed E-state index contributed by atoms with van der Waals surface area (Å²) in [6, 6.07) is 5.31. The number of nitrogens with one attached hydrogen (secondary N) is 2. The number of hydrogen-bond acceptors (Lipinski definition) is 3. The van der Waals surface area contributed by atoms with E-state index in [1.807, 2.05) is 13.1 Å². The first-order valence-electron chi connectivity index (χ1n) is 5.49. The molecule has 6 nitrogen and oxygen atoms in total. The standard InChI is InChI=1S/C12H11N5O/c1-8-7-10(16-15-8)14-12(18)9-3-2-5-17-6-4-13-11(9)17/h2-7H,1H3,(H2,14,15,16,18). The maximum Gasteiger partial charge on any atom is 0.260 e. The van der Waals surface area contributed by atoms with Gasteiger partial charge in [-0.1, -0.05) is 0 Å². The van der Waals surface area contributed by atoms with Gasteiger partial charge in [0.1, 0.15) is 5.65 Å². The second-order valence-electron chi connectivity index (χ2n) is 3.97. The number of anilines is 1. The van der Waals surface area contributed by atoms with E-state index < -0.39 is 0 Å². The molecule has 0 aromatic carbocycles. The van der Waals surface area contributed by atoms with Crippen molar-refractivity contribution in [2.24, 2.45) is 0 Å². The van der Waals surface area contributed by atoms with Crippen molar-refractivity contribution in [3.63, 3.8) is 0 Å². The molecule has 0 saturated heterocycles. The summed E-state index contributed by atoms with van der Waals surface area (Å²) in [5.74, 6) is 0.282. The number of aromatic amines is 1. The molecule has 2 N–H and O–H groups in total. The van der Waals surface area contributed by atoms with Crippen LogP contribution in [-0.4, -0.2) is 25.5 Å². The summed E-state index contributed by atoms with van der Waals surface area (Å²) in [6.45, 7) is 1.87. The Morgan fingerprint density at radius 1 is 1.44 bits per heavy atom. The topological polar surface area (TPSA) is 75.1 Å². The van der Waals surface area contributed by atoms with E-state index >= 15 is 0 Å². The van der Waals surface area contributed by atoms with Gasteiger partial charge in [0.05, 0.1) is 5.56 Å². The number of hydrogen-bond donors (Lipinski definition) is 2. The molecule has 1 amide bonds. The Morgan fingerprint density at radius 3 is 3.11 bits per heavy atom. The Bertz CT molecular complexity index is 712. The SMILES string of the molecule is Cc1cc(NC(=O)c2cccn3ccnc23)n[nH]1. The molecule has 0 aliphatic carbocycles. The average molecular weight is 241 g/mol. The van der Waals surface area contributed by atoms with E-state index in [-0.39, 0.29) is 5.91 Å². The van der Waals surface area contributed by atoms with Crippen LogP contribution in [-0.2, 0) is 0 Å². The third kappa shape index (κ3) is 1.73. The van der Waals surface area contributed by atoms with Crippen LogP contribution in [0.2, 0.25) is 0 Å². The molecule has 0 spiro atoms. The number of imidazole rings is 1. The van der Waals surface area contributed by atoms with E-state index in [9.17, 15) is 4.79 Å². The fourth-order valence-electron chi connectivity index (χ4n) is 1.79. The number of nitrogens with zero attached hydrogens (tertiary/aromatic N) is 3. The van der Waals surface area contributed by atoms with Crippen LogP contribution in [0.5, 0.6) is 0 Å². The highest BCUT2D eigenvalue weighted by atomic mass is 16.1. The van der Waals surface area contributed by atoms with E-state index in [1.54, 1.807) is 35.0 Å². The van der Waals surface area contributed by atoms with Crippen molar-refractivity contribution in [2.45, 2.75) is 6.92 Å². The Labute approximate surface area is 103 Å². The Hall–Kier alpha value is -2.63. The molecule has 3 aromatic rings. The zero-order valence-electron chi connectivity index (χ0n) is 9.71. The Balaban J connectivity index is 1.94. The lowest BCUT2D eigenvalue weighted by atomic mass is 10.2. The molecule has 3 aromatic heterocycles. The normalized spacial score (nSPS) is 10.7. The lowest BCUT2D eigenvalue weighted by Gasteiger charge is -2.03. The molecule has 0 aliphatic rings. The third-order valence-corrected chi connectivity index (χ3v) is 2.61. The van der Waals surface area contributed by atoms with Gasteiger partial charge in [-0.05, 0) is 19.1 Å². The smallest absolute Gasteiger partial charge is 0.260 e. The average Bonchev–Trinajstić information content (AvgIpc) is 2.97. The zero-order valence-corrected chi connectivity index (χ0v) is 9.71. The predicted octanol–water partition coefficient (Wildman–Crippen LogP) is 1.62. The van der Waals surface area contributed by atoms with Crippen LogP contribution >= 0.6 is 0 Å². The van der Waals surface area contributed by atoms with Gasteiger partial charge >= 0.3 is 0 Å². The minimum absolute atomic E-state index is 0.224. The van der Waals surface area contributed by atoms with E-state index in [0.29, 0.717) is 17.0 Å². The van der Waals surface area contributed by atoms with Gasteiger partial charge in [0.2, 0.25) is 0 Å². The number of carbonyl (C=O) groups excluding carboxylic acids is 1. The van der Waals surface area contributed by atoms with Crippen molar-refractivity contribution in [2.75, 3.05) is 5.32 Å². The first-order valence-corrected chi connectivity index (χ1v) is 5.49. The van der Waals surface area contributed by atoms with Gasteiger partial charge in [-0.3, -0.25) is 9.89 Å². The summed E-state index contributed by atoms with van der Waals surface area (Å²) in [6.07, 6.45) is 5.30. The molecule has 18 heavy (non-hydrogen) atoms. The van der Waals surface area contributed by atoms with Gasteiger partial charge < -0.3 is 9.72 Å². The first-order chi connectivity index (χ1) is 8.74. The van der Waals surface area contributed by atoms with Crippen molar-refractivity contribution in [3.8, 4) is 0 Å². The van der Waals surface area contributed by atoms with Gasteiger partial charge in [0.15, 0.2) is 5.82 Å². The van der Waals surface area contributed by atoms with Gasteiger partial charge in [-0.25, -0.2) is 4.98 Å². The van der Waals surface area contributed by atoms with E-state index in [1.165, 1.54) is 0 Å². The molecular weight excluding hydrogens is 230 g/mol. The van der Waals surface area contributed by atoms with Crippen molar-refractivity contribution < 1.29 is 4.79 Å². The monoisotopic (exact) mass is 241 g/mol. The summed E-state index contributed by atoms with van der Waals surface area (Å²) in [5.41, 5.74) is 2.04. The summed E-state index contributed by atoms with van der Waals surface area (Å²) in [5, 5.41) is 9.46. The minimum atomic E-state index is -0.224. The van der Waals surface area contributed by atoms with Crippen LogP contribution < -0.4 is 5.32 Å². The summed E-state index contributed by atoms with van der Waals surface area (Å²) >= 11 is 0. The predicted molar refractivity (Wildman–Crippen MR) is 66.5 cm³/mol. The first kappa shape index (κ1) is 10.5. The summed E-state index contributed by atoms with van der Waals surface area (Å²) in [4.78, 5) is 16.3. The van der Waals surface area contributed by atoms with Crippen LogP contribution in [0.4, 0.5) is 5.82 Å². The van der Waals surface area contributed by atoms with Crippen LogP contribution in [0.1, 0.15) is 16.1 Å². The molecule has 90 valence electrons. The van der Waals surface area contributed by atoms with Gasteiger partial charge in [0, 0.05) is 30.4 Å². The number of carbonyl (C=O) groups is 1. The highest BCUT2D eigenvalue weighted by Crippen LogP contribution is 2.11. The number of pyridine rings is 1. The van der Waals surface area contributed by atoms with Crippen molar-refractivity contribution in [1.29, 1.82) is 0 Å². The minimum Gasteiger partial charge on any atom is -0.306 e. The van der Waals surface area contributed by atoms with Crippen molar-refractivity contribution in [1.82, 2.24) is 19.6 Å². The molecule has 0 fully saturated rings. The number of aryl methyl sites for hydroxylation is 1. The number of rotatable bonds is 2. The van der Waals surface area contributed by atoms with E-state index in [0.717, 1.165) is 5.69 Å². The molecule has 0 saturated carbocycles. The number of amides is 1. The zero-order chi connectivity index (χ0) is 12.5. The van der Waals surface area contributed by atoms with Gasteiger partial charge in [0.25, 0.3) is 5.91 Å². The fourth-order valence-corrected chi connectivity index (χ4v) is 1.79. The summed E-state index contributed by atoms with van der Waals surface area (Å²) in [7, 11) is 0. The van der Waals surface area contributed by atoms with E-state index in [2.05, 4.69) is 20.5 Å². The molecule has 3 heterocycles. The highest BCUT2D eigenvalue weighted by molar-refractivity contribution is 6.07. The quantitative estimate of drug-likeness (QED) is 0.715. The lowest BCUT2D eigenvalue weighted by Crippen LogP contribution is -2.13. The molecule has 3 rings (SSSR count). The molecule has 0 atom stereocenters. The Kier molecular flexibility index (Phi) is 2.33. The van der Waals surface area contributed by atoms with Crippen LogP contribution in [0.25, 0.3) is 5.65 Å². The van der Waals surface area contributed by atoms with Crippen molar-refractivity contribution >= 4 is 17.4 Å². The van der Waals surface area contributed by atoms with Crippen LogP contribution in [0, 0.1) is 6.92 Å². The maximum absolute atomic E-state index is 12.1. The summed E-state index contributed by atoms with van der Waals surface area (Å²) < 4.78 is 1.80. The number of aromatic nitrogens is 4. The molecule has 0 bridgehead atoms. The van der Waals surface area contributed by atoms with Crippen molar-refractivity contribution in [3.05, 3.63) is 48.0 Å². The molecule has 0 radical (unpaired) electrons. The second kappa shape index (κ2) is 3.99. The number of fused-ring (bicyclic) bond motifs is 1. The number of H-pyrrole nitrogens is 1. The van der Waals surface area contributed by atoms with E-state index in [4.69, 9.17) is 0 Å². The Morgan fingerprint density at radius 2 is 2.33 bits per heavy atom. The van der Waals surface area contributed by atoms with Crippen LogP contribution in [0.15, 0.2) is 36.8 Å². The second-order valence-corrected chi connectivity index (χ2v) is 3.97. The largest absolute Gasteiger partial charge is 0.306 e. The molecular formula is C12H11N5O. The third-order valence-electron chi connectivity index (χ3n) is 2.61. The molecule has 0 aliphatic heterocycles. The molecule has 6 heteroatoms. The lowest BCUT2D eigenvalue weighted by molar-refractivity contribution is 0.102. The van der Waals surface area contributed by atoms with Gasteiger partial charge in [-0.15, -0.1) is 0 Å². The van der Waals surface area contributed by atoms with Gasteiger partial charge in [-0.2, -0.15) is 5.10 Å². The molecule has 0 unspecified atom stereocenters.